The lowest BCUT2D eigenvalue weighted by atomic mass is 9.89. The van der Waals surface area contributed by atoms with Crippen molar-refractivity contribution in [3.8, 4) is 0 Å². The summed E-state index contributed by atoms with van der Waals surface area (Å²) < 4.78 is 36.7. The molecule has 1 aliphatic heterocycles. The zero-order valence-corrected chi connectivity index (χ0v) is 28.8. The fraction of sp³-hybridized carbons (Fsp3) is 0.273. The molecule has 0 aliphatic carbocycles. The Morgan fingerprint density at radius 3 is 1.50 bits per heavy atom. The standard InChI is InChI=1S/C44H45NO5/c1-32-40(37-25-15-16-26-38(37)45(32)2)42-44(49-30-36-23-13-6-14-24-36)43(48-29-35-21-11-5-12-22-35)41(47-28-34-19-9-4-10-20-34)39(50-42)31-46-27-33-17-7-3-8-18-33/h3-26,39,41-44H,27-31H2,1-2H3/t39-,41-,42-,43+,44-/m1/s1. The minimum Gasteiger partial charge on any atom is -0.374 e. The molecule has 1 aromatic heterocycles. The van der Waals surface area contributed by atoms with Crippen molar-refractivity contribution in [3.63, 3.8) is 0 Å². The van der Waals surface area contributed by atoms with Crippen LogP contribution in [0, 0.1) is 6.92 Å². The van der Waals surface area contributed by atoms with Crippen molar-refractivity contribution in [2.75, 3.05) is 6.61 Å². The van der Waals surface area contributed by atoms with Crippen LogP contribution in [-0.4, -0.2) is 35.6 Å². The van der Waals surface area contributed by atoms with Crippen molar-refractivity contribution in [3.05, 3.63) is 179 Å². The molecule has 0 spiro atoms. The molecule has 0 saturated carbocycles. The molecular weight excluding hydrogens is 622 g/mol. The van der Waals surface area contributed by atoms with E-state index in [-0.39, 0.29) is 0 Å². The molecule has 2 heterocycles. The van der Waals surface area contributed by atoms with Crippen LogP contribution in [0.1, 0.15) is 39.6 Å². The molecule has 0 bridgehead atoms. The summed E-state index contributed by atoms with van der Waals surface area (Å²) in [7, 11) is 2.11. The van der Waals surface area contributed by atoms with Crippen LogP contribution in [0.4, 0.5) is 0 Å². The number of ether oxygens (including phenoxy) is 5. The van der Waals surface area contributed by atoms with Gasteiger partial charge in [0.2, 0.25) is 0 Å². The van der Waals surface area contributed by atoms with Gasteiger partial charge in [0.15, 0.2) is 0 Å². The molecule has 1 aliphatic rings. The van der Waals surface area contributed by atoms with Gasteiger partial charge in [-0.05, 0) is 35.2 Å². The highest BCUT2D eigenvalue weighted by Gasteiger charge is 2.50. The first-order valence-electron chi connectivity index (χ1n) is 17.4. The second-order valence-electron chi connectivity index (χ2n) is 13.0. The second-order valence-corrected chi connectivity index (χ2v) is 13.0. The Balaban J connectivity index is 1.29. The molecule has 1 fully saturated rings. The van der Waals surface area contributed by atoms with Crippen molar-refractivity contribution in [2.24, 2.45) is 7.05 Å². The van der Waals surface area contributed by atoms with Crippen molar-refractivity contribution in [1.29, 1.82) is 0 Å². The minimum absolute atomic E-state index is 0.325. The van der Waals surface area contributed by atoms with Crippen molar-refractivity contribution < 1.29 is 23.7 Å². The summed E-state index contributed by atoms with van der Waals surface area (Å²) in [5.74, 6) is 0. The molecule has 5 aromatic carbocycles. The Hall–Kier alpha value is -4.56. The Kier molecular flexibility index (Phi) is 11.1. The number of aryl methyl sites for hydroxylation is 1. The SMILES string of the molecule is Cc1c([C@H]2O[C@H](COCc3ccccc3)[C@@H](OCc3ccccc3)[C@H](OCc3ccccc3)[C@@H]2OCc2ccccc2)c2ccccc2n1C. The third kappa shape index (κ3) is 7.91. The Morgan fingerprint density at radius 2 is 0.960 bits per heavy atom. The van der Waals surface area contributed by atoms with E-state index in [1.54, 1.807) is 0 Å². The minimum atomic E-state index is -0.491. The van der Waals surface area contributed by atoms with E-state index < -0.39 is 30.5 Å². The molecule has 7 rings (SSSR count). The van der Waals surface area contributed by atoms with Gasteiger partial charge in [-0.25, -0.2) is 0 Å². The average Bonchev–Trinajstić information content (AvgIpc) is 3.42. The molecule has 6 heteroatoms. The van der Waals surface area contributed by atoms with E-state index in [9.17, 15) is 0 Å². The Morgan fingerprint density at radius 1 is 0.520 bits per heavy atom. The molecule has 256 valence electrons. The van der Waals surface area contributed by atoms with Gasteiger partial charge in [0.05, 0.1) is 33.0 Å². The fourth-order valence-corrected chi connectivity index (χ4v) is 6.93. The van der Waals surface area contributed by atoms with Crippen LogP contribution in [0.15, 0.2) is 146 Å². The molecule has 50 heavy (non-hydrogen) atoms. The summed E-state index contributed by atoms with van der Waals surface area (Å²) in [4.78, 5) is 0. The summed E-state index contributed by atoms with van der Waals surface area (Å²) in [6.07, 6.45) is -2.35. The van der Waals surface area contributed by atoms with E-state index in [2.05, 4.69) is 91.3 Å². The monoisotopic (exact) mass is 667 g/mol. The summed E-state index contributed by atoms with van der Waals surface area (Å²) in [5.41, 5.74) is 7.71. The van der Waals surface area contributed by atoms with E-state index in [0.29, 0.717) is 33.0 Å². The second kappa shape index (κ2) is 16.4. The smallest absolute Gasteiger partial charge is 0.117 e. The van der Waals surface area contributed by atoms with E-state index >= 15 is 0 Å². The molecule has 0 radical (unpaired) electrons. The maximum Gasteiger partial charge on any atom is 0.117 e. The van der Waals surface area contributed by atoms with Crippen LogP contribution < -0.4 is 0 Å². The van der Waals surface area contributed by atoms with Gasteiger partial charge >= 0.3 is 0 Å². The molecule has 1 saturated heterocycles. The van der Waals surface area contributed by atoms with Crippen molar-refractivity contribution in [1.82, 2.24) is 4.57 Å². The molecule has 5 atom stereocenters. The highest BCUT2D eigenvalue weighted by Crippen LogP contribution is 2.43. The maximum absolute atomic E-state index is 7.23. The van der Waals surface area contributed by atoms with Gasteiger partial charge in [-0.3, -0.25) is 0 Å². The molecule has 0 unspecified atom stereocenters. The Labute approximate surface area is 295 Å². The summed E-state index contributed by atoms with van der Waals surface area (Å²) >= 11 is 0. The quantitative estimate of drug-likeness (QED) is 0.116. The third-order valence-electron chi connectivity index (χ3n) is 9.62. The number of fused-ring (bicyclic) bond motifs is 1. The third-order valence-corrected chi connectivity index (χ3v) is 9.62. The highest BCUT2D eigenvalue weighted by atomic mass is 16.6. The van der Waals surface area contributed by atoms with E-state index in [1.807, 2.05) is 72.8 Å². The highest BCUT2D eigenvalue weighted by molar-refractivity contribution is 5.86. The number of benzene rings is 5. The average molecular weight is 668 g/mol. The number of rotatable bonds is 14. The van der Waals surface area contributed by atoms with Gasteiger partial charge < -0.3 is 28.3 Å². The summed E-state index contributed by atoms with van der Waals surface area (Å²) in [6.45, 7) is 4.16. The van der Waals surface area contributed by atoms with Gasteiger partial charge in [0.1, 0.15) is 30.5 Å². The molecule has 6 nitrogen and oxygen atoms in total. The topological polar surface area (TPSA) is 51.1 Å². The fourth-order valence-electron chi connectivity index (χ4n) is 6.93. The Bertz CT molecular complexity index is 1910. The van der Waals surface area contributed by atoms with Crippen LogP contribution in [-0.2, 0) is 57.2 Å². The van der Waals surface area contributed by atoms with Gasteiger partial charge in [-0.15, -0.1) is 0 Å². The van der Waals surface area contributed by atoms with Crippen LogP contribution in [0.2, 0.25) is 0 Å². The van der Waals surface area contributed by atoms with Crippen molar-refractivity contribution in [2.45, 2.75) is 63.9 Å². The first-order valence-corrected chi connectivity index (χ1v) is 17.4. The van der Waals surface area contributed by atoms with E-state index in [4.69, 9.17) is 23.7 Å². The van der Waals surface area contributed by atoms with Crippen LogP contribution >= 0.6 is 0 Å². The number of nitrogens with zero attached hydrogens (tertiary/aromatic N) is 1. The number of aromatic nitrogens is 1. The van der Waals surface area contributed by atoms with Crippen LogP contribution in [0.25, 0.3) is 10.9 Å². The number of para-hydroxylation sites is 1. The lowest BCUT2D eigenvalue weighted by Crippen LogP contribution is -2.58. The first kappa shape index (κ1) is 33.9. The largest absolute Gasteiger partial charge is 0.374 e. The first-order chi connectivity index (χ1) is 24.7. The lowest BCUT2D eigenvalue weighted by molar-refractivity contribution is -0.275. The summed E-state index contributed by atoms with van der Waals surface area (Å²) in [5, 5.41) is 1.14. The van der Waals surface area contributed by atoms with Crippen LogP contribution in [0.3, 0.4) is 0 Å². The van der Waals surface area contributed by atoms with E-state index in [0.717, 1.165) is 44.4 Å². The zero-order chi connectivity index (χ0) is 34.1. The van der Waals surface area contributed by atoms with Gasteiger partial charge in [0.25, 0.3) is 0 Å². The summed E-state index contributed by atoms with van der Waals surface area (Å²) in [6, 6.07) is 49.5. The van der Waals surface area contributed by atoms with Crippen LogP contribution in [0.5, 0.6) is 0 Å². The van der Waals surface area contributed by atoms with Gasteiger partial charge in [-0.2, -0.15) is 0 Å². The van der Waals surface area contributed by atoms with Gasteiger partial charge in [0, 0.05) is 29.2 Å². The predicted octanol–water partition coefficient (Wildman–Crippen LogP) is 8.90. The normalized spacial score (nSPS) is 20.6. The number of hydrogen-bond acceptors (Lipinski definition) is 5. The maximum atomic E-state index is 7.23. The molecule has 0 amide bonds. The lowest BCUT2D eigenvalue weighted by Gasteiger charge is -2.46. The molecule has 0 N–H and O–H groups in total. The number of hydrogen-bond donors (Lipinski definition) is 0. The molecular formula is C44H45NO5. The zero-order valence-electron chi connectivity index (χ0n) is 28.8. The van der Waals surface area contributed by atoms with Crippen molar-refractivity contribution >= 4 is 10.9 Å². The van der Waals surface area contributed by atoms with Gasteiger partial charge in [-0.1, -0.05) is 140 Å². The predicted molar refractivity (Wildman–Crippen MR) is 196 cm³/mol. The molecule has 6 aromatic rings. The van der Waals surface area contributed by atoms with E-state index in [1.165, 1.54) is 0 Å².